The molecule has 0 saturated heterocycles. The number of halogens is 1. The number of nitrogen functional groups attached to an aromatic ring is 1. The molecule has 0 aromatic carbocycles. The van der Waals surface area contributed by atoms with Crippen molar-refractivity contribution in [2.24, 2.45) is 0 Å². The second-order valence-electron chi connectivity index (χ2n) is 3.85. The average molecular weight is 353 g/mol. The van der Waals surface area contributed by atoms with Crippen molar-refractivity contribution in [3.05, 3.63) is 35.0 Å². The number of nitrogens with zero attached hydrogens (tertiary/aromatic N) is 5. The Morgan fingerprint density at radius 3 is 2.70 bits per heavy atom. The van der Waals surface area contributed by atoms with Gasteiger partial charge >= 0.3 is 0 Å². The molecule has 0 unspecified atom stereocenters. The smallest absolute Gasteiger partial charge is 0.217 e. The third-order valence-electron chi connectivity index (χ3n) is 2.54. The number of rotatable bonds is 3. The van der Waals surface area contributed by atoms with Crippen LogP contribution in [0.2, 0.25) is 0 Å². The molecule has 0 spiro atoms. The lowest BCUT2D eigenvalue weighted by Crippen LogP contribution is -2.11. The fraction of sp³-hybridized carbons (Fsp3) is 0.0909. The molecular weight excluding hydrogens is 344 g/mol. The summed E-state index contributed by atoms with van der Waals surface area (Å²) in [6.07, 6.45) is 4.91. The maximum Gasteiger partial charge on any atom is 0.217 e. The molecule has 2 N–H and O–H groups in total. The van der Waals surface area contributed by atoms with Gasteiger partial charge in [-0.25, -0.2) is 14.6 Å². The first-order valence-electron chi connectivity index (χ1n) is 5.55. The third-order valence-corrected chi connectivity index (χ3v) is 3.81. The normalized spacial score (nSPS) is 10.9. The van der Waals surface area contributed by atoms with Crippen LogP contribution in [0.15, 0.2) is 43.9 Å². The number of furan rings is 1. The maximum atomic E-state index is 6.01. The van der Waals surface area contributed by atoms with Crippen molar-refractivity contribution in [2.75, 3.05) is 5.84 Å². The van der Waals surface area contributed by atoms with Crippen LogP contribution in [0.4, 0.5) is 0 Å². The van der Waals surface area contributed by atoms with Gasteiger partial charge in [0.2, 0.25) is 5.16 Å². The summed E-state index contributed by atoms with van der Waals surface area (Å²) in [5.41, 5.74) is 0.809. The Bertz CT molecular complexity index is 738. The molecule has 0 saturated carbocycles. The summed E-state index contributed by atoms with van der Waals surface area (Å²) in [4.78, 5) is 8.31. The van der Waals surface area contributed by atoms with E-state index in [0.29, 0.717) is 16.1 Å². The molecule has 102 valence electrons. The van der Waals surface area contributed by atoms with Gasteiger partial charge in [-0.15, -0.1) is 10.2 Å². The predicted molar refractivity (Wildman–Crippen MR) is 76.5 cm³/mol. The van der Waals surface area contributed by atoms with E-state index in [9.17, 15) is 0 Å². The highest BCUT2D eigenvalue weighted by Crippen LogP contribution is 2.27. The van der Waals surface area contributed by atoms with E-state index in [0.717, 1.165) is 15.8 Å². The van der Waals surface area contributed by atoms with Crippen LogP contribution in [-0.2, 0) is 0 Å². The highest BCUT2D eigenvalue weighted by molar-refractivity contribution is 9.10. The summed E-state index contributed by atoms with van der Waals surface area (Å²) >= 11 is 4.52. The van der Waals surface area contributed by atoms with Gasteiger partial charge in [-0.3, -0.25) is 0 Å². The molecule has 0 aliphatic rings. The highest BCUT2D eigenvalue weighted by Gasteiger charge is 2.16. The summed E-state index contributed by atoms with van der Waals surface area (Å²) in [6.45, 7) is 1.84. The highest BCUT2D eigenvalue weighted by atomic mass is 79.9. The van der Waals surface area contributed by atoms with Gasteiger partial charge in [0.05, 0.1) is 16.3 Å². The molecule has 0 bridgehead atoms. The summed E-state index contributed by atoms with van der Waals surface area (Å²) in [6, 6.07) is 1.80. The molecule has 0 aliphatic carbocycles. The van der Waals surface area contributed by atoms with Crippen molar-refractivity contribution in [2.45, 2.75) is 17.2 Å². The van der Waals surface area contributed by atoms with E-state index in [1.165, 1.54) is 16.4 Å². The predicted octanol–water partition coefficient (Wildman–Crippen LogP) is 2.26. The lowest BCUT2D eigenvalue weighted by Gasteiger charge is -2.01. The Hall–Kier alpha value is -1.87. The lowest BCUT2D eigenvalue weighted by atomic mass is 10.2. The summed E-state index contributed by atoms with van der Waals surface area (Å²) in [7, 11) is 0. The molecular formula is C11H9BrN6OS. The van der Waals surface area contributed by atoms with Crippen molar-refractivity contribution in [3.8, 4) is 11.4 Å². The summed E-state index contributed by atoms with van der Waals surface area (Å²) < 4.78 is 7.45. The quantitative estimate of drug-likeness (QED) is 0.570. The Labute approximate surface area is 126 Å². The molecule has 0 amide bonds. The van der Waals surface area contributed by atoms with Gasteiger partial charge in [-0.05, 0) is 40.7 Å². The topological polar surface area (TPSA) is 95.6 Å². The molecule has 3 aromatic rings. The van der Waals surface area contributed by atoms with Crippen molar-refractivity contribution in [1.29, 1.82) is 0 Å². The first-order valence-corrected chi connectivity index (χ1v) is 7.16. The van der Waals surface area contributed by atoms with Crippen LogP contribution in [0.25, 0.3) is 11.4 Å². The Morgan fingerprint density at radius 1 is 1.30 bits per heavy atom. The summed E-state index contributed by atoms with van der Waals surface area (Å²) in [5, 5.41) is 9.17. The van der Waals surface area contributed by atoms with Crippen LogP contribution in [-0.4, -0.2) is 24.8 Å². The van der Waals surface area contributed by atoms with Crippen molar-refractivity contribution in [3.63, 3.8) is 0 Å². The van der Waals surface area contributed by atoms with Crippen LogP contribution in [0.5, 0.6) is 0 Å². The molecule has 0 radical (unpaired) electrons. The molecule has 3 aromatic heterocycles. The average Bonchev–Trinajstić information content (AvgIpc) is 3.00. The minimum atomic E-state index is 0.503. The zero-order valence-corrected chi connectivity index (χ0v) is 12.7. The zero-order valence-electron chi connectivity index (χ0n) is 10.3. The second kappa shape index (κ2) is 5.25. The minimum absolute atomic E-state index is 0.503. The van der Waals surface area contributed by atoms with Crippen LogP contribution in [0, 0.1) is 6.92 Å². The van der Waals surface area contributed by atoms with E-state index in [-0.39, 0.29) is 0 Å². The molecule has 9 heteroatoms. The first kappa shape index (κ1) is 13.1. The number of nitrogens with two attached hydrogens (primary N) is 1. The van der Waals surface area contributed by atoms with E-state index in [1.807, 2.05) is 6.92 Å². The van der Waals surface area contributed by atoms with Crippen molar-refractivity contribution < 1.29 is 4.42 Å². The minimum Gasteiger partial charge on any atom is -0.469 e. The number of aromatic nitrogens is 5. The third kappa shape index (κ3) is 2.41. The molecule has 3 rings (SSSR count). The van der Waals surface area contributed by atoms with Gasteiger partial charge in [0.1, 0.15) is 5.76 Å². The van der Waals surface area contributed by atoms with Crippen LogP contribution in [0.3, 0.4) is 0 Å². The second-order valence-corrected chi connectivity index (χ2v) is 5.70. The molecule has 0 aliphatic heterocycles. The molecule has 0 fully saturated rings. The van der Waals surface area contributed by atoms with E-state index in [2.05, 4.69) is 36.1 Å². The maximum absolute atomic E-state index is 6.01. The van der Waals surface area contributed by atoms with E-state index in [4.69, 9.17) is 10.3 Å². The number of hydrogen-bond donors (Lipinski definition) is 1. The van der Waals surface area contributed by atoms with Crippen LogP contribution in [0.1, 0.15) is 5.76 Å². The first-order chi connectivity index (χ1) is 9.65. The molecule has 0 atom stereocenters. The Kier molecular flexibility index (Phi) is 3.45. The largest absolute Gasteiger partial charge is 0.469 e. The van der Waals surface area contributed by atoms with E-state index < -0.39 is 0 Å². The van der Waals surface area contributed by atoms with E-state index >= 15 is 0 Å². The number of hydrogen-bond acceptors (Lipinski definition) is 7. The molecule has 3 heterocycles. The SMILES string of the molecule is Cc1occc1-c1nnc(Sc2ncc(Br)cn2)n1N. The fourth-order valence-corrected chi connectivity index (χ4v) is 2.43. The Balaban J connectivity index is 1.91. The van der Waals surface area contributed by atoms with Gasteiger partial charge in [-0.1, -0.05) is 0 Å². The zero-order chi connectivity index (χ0) is 14.1. The standard InChI is InChI=1S/C11H9BrN6OS/c1-6-8(2-3-19-6)9-16-17-11(18(9)13)20-10-14-4-7(12)5-15-10/h2-5H,13H2,1H3. The molecule has 7 nitrogen and oxygen atoms in total. The van der Waals surface area contributed by atoms with E-state index in [1.54, 1.807) is 24.7 Å². The van der Waals surface area contributed by atoms with Gasteiger partial charge < -0.3 is 10.3 Å². The summed E-state index contributed by atoms with van der Waals surface area (Å²) in [5.74, 6) is 7.28. The monoisotopic (exact) mass is 352 g/mol. The van der Waals surface area contributed by atoms with Gasteiger partial charge in [0, 0.05) is 12.4 Å². The van der Waals surface area contributed by atoms with Crippen molar-refractivity contribution >= 4 is 27.7 Å². The van der Waals surface area contributed by atoms with Crippen LogP contribution < -0.4 is 5.84 Å². The Morgan fingerprint density at radius 2 is 2.05 bits per heavy atom. The van der Waals surface area contributed by atoms with Gasteiger partial charge in [-0.2, -0.15) is 0 Å². The van der Waals surface area contributed by atoms with Gasteiger partial charge in [0.25, 0.3) is 0 Å². The molecule has 20 heavy (non-hydrogen) atoms. The lowest BCUT2D eigenvalue weighted by molar-refractivity contribution is 0.535. The number of aryl methyl sites for hydroxylation is 1. The van der Waals surface area contributed by atoms with Gasteiger partial charge in [0.15, 0.2) is 11.0 Å². The van der Waals surface area contributed by atoms with Crippen molar-refractivity contribution in [1.82, 2.24) is 24.8 Å². The van der Waals surface area contributed by atoms with Crippen LogP contribution >= 0.6 is 27.7 Å². The fourth-order valence-electron chi connectivity index (χ4n) is 1.58.